The van der Waals surface area contributed by atoms with Gasteiger partial charge in [-0.25, -0.2) is 0 Å². The van der Waals surface area contributed by atoms with Crippen LogP contribution < -0.4 is 9.47 Å². The first-order valence-electron chi connectivity index (χ1n) is 6.99. The molecule has 0 aliphatic heterocycles. The SMILES string of the molecule is COc1ccc(OC)c2c(C(=O)c3ccccc3)cccc12. The van der Waals surface area contributed by atoms with Crippen LogP contribution in [0.15, 0.2) is 60.7 Å². The Bertz CT molecular complexity index is 823. The third-order valence-electron chi connectivity index (χ3n) is 3.68. The fraction of sp³-hybridized carbons (Fsp3) is 0.105. The summed E-state index contributed by atoms with van der Waals surface area (Å²) in [4.78, 5) is 12.8. The molecular weight excluding hydrogens is 276 g/mol. The number of fused-ring (bicyclic) bond motifs is 1. The maximum absolute atomic E-state index is 12.8. The van der Waals surface area contributed by atoms with Crippen LogP contribution in [-0.4, -0.2) is 20.0 Å². The zero-order valence-corrected chi connectivity index (χ0v) is 12.5. The van der Waals surface area contributed by atoms with E-state index < -0.39 is 0 Å². The van der Waals surface area contributed by atoms with Gasteiger partial charge in [-0.05, 0) is 12.1 Å². The van der Waals surface area contributed by atoms with Gasteiger partial charge < -0.3 is 9.47 Å². The van der Waals surface area contributed by atoms with Gasteiger partial charge in [0.05, 0.1) is 14.2 Å². The first-order valence-corrected chi connectivity index (χ1v) is 6.99. The Morgan fingerprint density at radius 2 is 1.45 bits per heavy atom. The lowest BCUT2D eigenvalue weighted by atomic mass is 9.96. The Labute approximate surface area is 129 Å². The van der Waals surface area contributed by atoms with Crippen LogP contribution in [0.2, 0.25) is 0 Å². The smallest absolute Gasteiger partial charge is 0.193 e. The highest BCUT2D eigenvalue weighted by atomic mass is 16.5. The number of hydrogen-bond acceptors (Lipinski definition) is 3. The van der Waals surface area contributed by atoms with Gasteiger partial charge in [0.15, 0.2) is 5.78 Å². The molecule has 0 atom stereocenters. The molecule has 110 valence electrons. The number of carbonyl (C=O) groups excluding carboxylic acids is 1. The topological polar surface area (TPSA) is 35.5 Å². The van der Waals surface area contributed by atoms with Gasteiger partial charge >= 0.3 is 0 Å². The number of methoxy groups -OCH3 is 2. The van der Waals surface area contributed by atoms with Crippen molar-refractivity contribution in [1.29, 1.82) is 0 Å². The largest absolute Gasteiger partial charge is 0.496 e. The van der Waals surface area contributed by atoms with Crippen molar-refractivity contribution in [3.8, 4) is 11.5 Å². The van der Waals surface area contributed by atoms with Gasteiger partial charge in [-0.2, -0.15) is 0 Å². The van der Waals surface area contributed by atoms with Crippen molar-refractivity contribution in [2.75, 3.05) is 14.2 Å². The highest BCUT2D eigenvalue weighted by molar-refractivity contribution is 6.18. The molecule has 0 spiro atoms. The predicted molar refractivity (Wildman–Crippen MR) is 86.9 cm³/mol. The second-order valence-corrected chi connectivity index (χ2v) is 4.89. The Kier molecular flexibility index (Phi) is 3.79. The summed E-state index contributed by atoms with van der Waals surface area (Å²) in [6.07, 6.45) is 0. The molecule has 0 unspecified atom stereocenters. The molecule has 0 amide bonds. The predicted octanol–water partition coefficient (Wildman–Crippen LogP) is 4.09. The van der Waals surface area contributed by atoms with E-state index in [0.29, 0.717) is 16.9 Å². The van der Waals surface area contributed by atoms with Gasteiger partial charge in [-0.15, -0.1) is 0 Å². The van der Waals surface area contributed by atoms with E-state index in [1.54, 1.807) is 14.2 Å². The molecular formula is C19H16O3. The lowest BCUT2D eigenvalue weighted by Gasteiger charge is -2.13. The van der Waals surface area contributed by atoms with Crippen LogP contribution in [-0.2, 0) is 0 Å². The van der Waals surface area contributed by atoms with Crippen molar-refractivity contribution < 1.29 is 14.3 Å². The third kappa shape index (κ3) is 2.31. The summed E-state index contributed by atoms with van der Waals surface area (Å²) in [5, 5.41) is 1.64. The minimum atomic E-state index is -0.0299. The summed E-state index contributed by atoms with van der Waals surface area (Å²) < 4.78 is 10.8. The minimum Gasteiger partial charge on any atom is -0.496 e. The van der Waals surface area contributed by atoms with Gasteiger partial charge in [0.25, 0.3) is 0 Å². The van der Waals surface area contributed by atoms with Crippen LogP contribution in [0.25, 0.3) is 10.8 Å². The number of ether oxygens (including phenoxy) is 2. The second-order valence-electron chi connectivity index (χ2n) is 4.89. The molecule has 3 aromatic rings. The van der Waals surface area contributed by atoms with E-state index >= 15 is 0 Å². The fourth-order valence-electron chi connectivity index (χ4n) is 2.63. The van der Waals surface area contributed by atoms with Gasteiger partial charge in [0, 0.05) is 21.9 Å². The molecule has 0 saturated carbocycles. The molecule has 0 aromatic heterocycles. The molecule has 0 saturated heterocycles. The van der Waals surface area contributed by atoms with Crippen LogP contribution in [0.4, 0.5) is 0 Å². The summed E-state index contributed by atoms with van der Waals surface area (Å²) in [7, 11) is 3.22. The molecule has 0 fully saturated rings. The molecule has 0 aliphatic rings. The van der Waals surface area contributed by atoms with E-state index in [9.17, 15) is 4.79 Å². The van der Waals surface area contributed by atoms with E-state index in [2.05, 4.69) is 0 Å². The summed E-state index contributed by atoms with van der Waals surface area (Å²) in [5.41, 5.74) is 1.26. The van der Waals surface area contributed by atoms with Gasteiger partial charge in [-0.1, -0.05) is 48.5 Å². The van der Waals surface area contributed by atoms with Crippen LogP contribution in [0.5, 0.6) is 11.5 Å². The van der Waals surface area contributed by atoms with Crippen LogP contribution in [0, 0.1) is 0 Å². The average Bonchev–Trinajstić information content (AvgIpc) is 2.60. The first kappa shape index (κ1) is 14.1. The molecule has 0 radical (unpaired) electrons. The van der Waals surface area contributed by atoms with Crippen molar-refractivity contribution >= 4 is 16.6 Å². The zero-order chi connectivity index (χ0) is 15.5. The lowest BCUT2D eigenvalue weighted by molar-refractivity contribution is 0.104. The summed E-state index contributed by atoms with van der Waals surface area (Å²) in [6, 6.07) is 18.5. The number of ketones is 1. The number of benzene rings is 3. The van der Waals surface area contributed by atoms with E-state index in [0.717, 1.165) is 16.5 Å². The van der Waals surface area contributed by atoms with Gasteiger partial charge in [-0.3, -0.25) is 4.79 Å². The monoisotopic (exact) mass is 292 g/mol. The molecule has 0 aliphatic carbocycles. The quantitative estimate of drug-likeness (QED) is 0.679. The summed E-state index contributed by atoms with van der Waals surface area (Å²) in [6.45, 7) is 0. The molecule has 0 heterocycles. The number of hydrogen-bond donors (Lipinski definition) is 0. The van der Waals surface area contributed by atoms with Crippen LogP contribution in [0.1, 0.15) is 15.9 Å². The van der Waals surface area contributed by atoms with Crippen molar-refractivity contribution in [3.05, 3.63) is 71.8 Å². The van der Waals surface area contributed by atoms with Crippen molar-refractivity contribution in [2.45, 2.75) is 0 Å². The highest BCUT2D eigenvalue weighted by Gasteiger charge is 2.17. The normalized spacial score (nSPS) is 10.5. The highest BCUT2D eigenvalue weighted by Crippen LogP contribution is 2.36. The number of carbonyl (C=O) groups is 1. The van der Waals surface area contributed by atoms with Gasteiger partial charge in [0.1, 0.15) is 11.5 Å². The molecule has 3 rings (SSSR count). The Morgan fingerprint density at radius 3 is 2.14 bits per heavy atom. The second kappa shape index (κ2) is 5.90. The molecule has 3 nitrogen and oxygen atoms in total. The van der Waals surface area contributed by atoms with E-state index in [1.165, 1.54) is 0 Å². The number of rotatable bonds is 4. The van der Waals surface area contributed by atoms with Crippen molar-refractivity contribution in [2.24, 2.45) is 0 Å². The van der Waals surface area contributed by atoms with Crippen LogP contribution >= 0.6 is 0 Å². The van der Waals surface area contributed by atoms with Gasteiger partial charge in [0.2, 0.25) is 0 Å². The Morgan fingerprint density at radius 1 is 0.773 bits per heavy atom. The molecule has 0 N–H and O–H groups in total. The van der Waals surface area contributed by atoms with Crippen molar-refractivity contribution in [3.63, 3.8) is 0 Å². The Hall–Kier alpha value is -2.81. The van der Waals surface area contributed by atoms with E-state index in [-0.39, 0.29) is 5.78 Å². The fourth-order valence-corrected chi connectivity index (χ4v) is 2.63. The first-order chi connectivity index (χ1) is 10.8. The maximum Gasteiger partial charge on any atom is 0.193 e. The Balaban J connectivity index is 2.28. The standard InChI is InChI=1S/C19H16O3/c1-21-16-11-12-17(22-2)18-14(16)9-6-10-15(18)19(20)13-7-4-3-5-8-13/h3-12H,1-2H3. The third-order valence-corrected chi connectivity index (χ3v) is 3.68. The summed E-state index contributed by atoms with van der Waals surface area (Å²) in [5.74, 6) is 1.35. The minimum absolute atomic E-state index is 0.0299. The van der Waals surface area contributed by atoms with E-state index in [1.807, 2.05) is 60.7 Å². The molecule has 22 heavy (non-hydrogen) atoms. The van der Waals surface area contributed by atoms with Crippen molar-refractivity contribution in [1.82, 2.24) is 0 Å². The lowest BCUT2D eigenvalue weighted by Crippen LogP contribution is -2.03. The average molecular weight is 292 g/mol. The zero-order valence-electron chi connectivity index (χ0n) is 12.5. The molecule has 3 heteroatoms. The summed E-state index contributed by atoms with van der Waals surface area (Å²) >= 11 is 0. The maximum atomic E-state index is 12.8. The van der Waals surface area contributed by atoms with Crippen LogP contribution in [0.3, 0.4) is 0 Å². The van der Waals surface area contributed by atoms with E-state index in [4.69, 9.17) is 9.47 Å². The molecule has 0 bridgehead atoms. The molecule has 3 aromatic carbocycles.